The minimum atomic E-state index is -0.121. The van der Waals surface area contributed by atoms with Crippen LogP contribution in [0, 0.1) is 17.8 Å². The van der Waals surface area contributed by atoms with Crippen molar-refractivity contribution in [2.24, 2.45) is 24.8 Å². The van der Waals surface area contributed by atoms with Gasteiger partial charge in [0.05, 0.1) is 11.0 Å². The molecule has 2 bridgehead atoms. The number of allylic oxidation sites excluding steroid dienone is 2. The van der Waals surface area contributed by atoms with Crippen LogP contribution in [0.4, 0.5) is 0 Å². The molecule has 0 unspecified atom stereocenters. The van der Waals surface area contributed by atoms with Crippen LogP contribution in [0.25, 0.3) is 11.0 Å². The molecule has 2 aliphatic rings. The maximum atomic E-state index is 12.4. The molecule has 2 aromatic rings. The van der Waals surface area contributed by atoms with E-state index < -0.39 is 0 Å². The molecule has 0 radical (unpaired) electrons. The number of rotatable bonds is 5. The highest BCUT2D eigenvalue weighted by Gasteiger charge is 2.35. The second-order valence-electron chi connectivity index (χ2n) is 7.26. The van der Waals surface area contributed by atoms with Crippen LogP contribution in [0.3, 0.4) is 0 Å². The molecule has 25 heavy (non-hydrogen) atoms. The van der Waals surface area contributed by atoms with Crippen LogP contribution >= 0.6 is 0 Å². The molecule has 1 amide bonds. The Hall–Kier alpha value is -2.43. The van der Waals surface area contributed by atoms with Gasteiger partial charge in [0, 0.05) is 26.4 Å². The van der Waals surface area contributed by atoms with Crippen molar-refractivity contribution in [3.05, 3.63) is 52.5 Å². The van der Waals surface area contributed by atoms with Crippen molar-refractivity contribution in [2.45, 2.75) is 25.7 Å². The lowest BCUT2D eigenvalue weighted by atomic mass is 9.93. The number of carbonyl (C=O) groups excluding carboxylic acids is 1. The van der Waals surface area contributed by atoms with Gasteiger partial charge in [-0.25, -0.2) is 4.98 Å². The Labute approximate surface area is 146 Å². The minimum absolute atomic E-state index is 0.00349. The van der Waals surface area contributed by atoms with Crippen LogP contribution in [-0.4, -0.2) is 22.0 Å². The number of amides is 1. The van der Waals surface area contributed by atoms with E-state index in [1.54, 1.807) is 11.6 Å². The van der Waals surface area contributed by atoms with Crippen LogP contribution in [0.5, 0.6) is 0 Å². The predicted molar refractivity (Wildman–Crippen MR) is 97.2 cm³/mol. The molecule has 4 rings (SSSR count). The monoisotopic (exact) mass is 337 g/mol. The number of nitrogens with zero attached hydrogens (tertiary/aromatic N) is 2. The lowest BCUT2D eigenvalue weighted by Crippen LogP contribution is -2.32. The number of fused-ring (bicyclic) bond motifs is 3. The fourth-order valence-electron chi connectivity index (χ4n) is 4.20. The number of carbonyl (C=O) groups is 1. The van der Waals surface area contributed by atoms with Crippen LogP contribution < -0.4 is 10.9 Å². The van der Waals surface area contributed by atoms with Crippen LogP contribution in [-0.2, 0) is 18.3 Å². The van der Waals surface area contributed by atoms with Gasteiger partial charge in [-0.3, -0.25) is 9.59 Å². The summed E-state index contributed by atoms with van der Waals surface area (Å²) in [4.78, 5) is 29.0. The van der Waals surface area contributed by atoms with Gasteiger partial charge in [0.25, 0.3) is 5.56 Å². The second-order valence-corrected chi connectivity index (χ2v) is 7.26. The third kappa shape index (κ3) is 3.11. The average Bonchev–Trinajstić information content (AvgIpc) is 3.25. The first-order chi connectivity index (χ1) is 12.1. The van der Waals surface area contributed by atoms with Gasteiger partial charge < -0.3 is 9.88 Å². The maximum Gasteiger partial charge on any atom is 0.272 e. The second kappa shape index (κ2) is 6.47. The van der Waals surface area contributed by atoms with Gasteiger partial charge in [-0.2, -0.15) is 0 Å². The number of para-hydroxylation sites is 2. The standard InChI is InChI=1S/C20H23N3O2/c1-23-18-5-3-2-4-16(18)22-17(20(23)25)8-9-19(24)21-12-15-11-13-6-7-14(15)10-13/h2-7,13-15H,8-12H2,1H3,(H,21,24)/t13-,14-,15+/m0/s1. The highest BCUT2D eigenvalue weighted by molar-refractivity contribution is 5.77. The average molecular weight is 337 g/mol. The van der Waals surface area contributed by atoms with E-state index in [1.165, 1.54) is 12.8 Å². The molecule has 5 heteroatoms. The number of benzene rings is 1. The van der Waals surface area contributed by atoms with E-state index in [1.807, 2.05) is 24.3 Å². The highest BCUT2D eigenvalue weighted by atomic mass is 16.1. The van der Waals surface area contributed by atoms with Gasteiger partial charge in [-0.15, -0.1) is 0 Å². The van der Waals surface area contributed by atoms with Crippen LogP contribution in [0.2, 0.25) is 0 Å². The molecular weight excluding hydrogens is 314 g/mol. The fourth-order valence-corrected chi connectivity index (χ4v) is 4.20. The lowest BCUT2D eigenvalue weighted by Gasteiger charge is -2.18. The first-order valence-electron chi connectivity index (χ1n) is 9.01. The maximum absolute atomic E-state index is 12.4. The molecule has 0 aliphatic heterocycles. The lowest BCUT2D eigenvalue weighted by molar-refractivity contribution is -0.121. The van der Waals surface area contributed by atoms with Crippen LogP contribution in [0.1, 0.15) is 25.0 Å². The van der Waals surface area contributed by atoms with E-state index in [9.17, 15) is 9.59 Å². The summed E-state index contributed by atoms with van der Waals surface area (Å²) in [5.41, 5.74) is 1.93. The van der Waals surface area contributed by atoms with Crippen molar-refractivity contribution in [3.63, 3.8) is 0 Å². The van der Waals surface area contributed by atoms with E-state index in [2.05, 4.69) is 22.5 Å². The highest BCUT2D eigenvalue weighted by Crippen LogP contribution is 2.42. The molecule has 1 saturated carbocycles. The largest absolute Gasteiger partial charge is 0.356 e. The fraction of sp³-hybridized carbons (Fsp3) is 0.450. The SMILES string of the molecule is Cn1c(=O)c(CCC(=O)NC[C@H]2C[C@H]3C=C[C@H]2C3)nc2ccccc21. The Bertz CT molecular complexity index is 899. The van der Waals surface area contributed by atoms with E-state index in [0.717, 1.165) is 23.5 Å². The minimum Gasteiger partial charge on any atom is -0.356 e. The Morgan fingerprint density at radius 2 is 2.12 bits per heavy atom. The van der Waals surface area contributed by atoms with Crippen molar-refractivity contribution in [3.8, 4) is 0 Å². The van der Waals surface area contributed by atoms with Crippen molar-refractivity contribution in [2.75, 3.05) is 6.54 Å². The zero-order valence-electron chi connectivity index (χ0n) is 14.4. The number of hydrogen-bond donors (Lipinski definition) is 1. The van der Waals surface area contributed by atoms with Gasteiger partial charge in [0.2, 0.25) is 5.91 Å². The first-order valence-corrected chi connectivity index (χ1v) is 9.01. The number of nitrogens with one attached hydrogen (secondary N) is 1. The summed E-state index contributed by atoms with van der Waals surface area (Å²) in [6.07, 6.45) is 7.72. The molecule has 130 valence electrons. The zero-order valence-corrected chi connectivity index (χ0v) is 14.4. The summed E-state index contributed by atoms with van der Waals surface area (Å²) in [7, 11) is 1.75. The van der Waals surface area contributed by atoms with Crippen LogP contribution in [0.15, 0.2) is 41.2 Å². The summed E-state index contributed by atoms with van der Waals surface area (Å²) >= 11 is 0. The molecule has 0 spiro atoms. The van der Waals surface area contributed by atoms with Crippen molar-refractivity contribution in [1.82, 2.24) is 14.9 Å². The summed E-state index contributed by atoms with van der Waals surface area (Å²) in [5, 5.41) is 3.04. The first kappa shape index (κ1) is 16.1. The quantitative estimate of drug-likeness (QED) is 0.851. The molecule has 0 saturated heterocycles. The molecule has 5 nitrogen and oxygen atoms in total. The van der Waals surface area contributed by atoms with Gasteiger partial charge in [-0.05, 0) is 42.7 Å². The summed E-state index contributed by atoms with van der Waals surface area (Å²) < 4.78 is 1.61. The van der Waals surface area contributed by atoms with Crippen molar-refractivity contribution < 1.29 is 4.79 Å². The van der Waals surface area contributed by atoms with Crippen molar-refractivity contribution in [1.29, 1.82) is 0 Å². The van der Waals surface area contributed by atoms with Gasteiger partial charge in [0.15, 0.2) is 0 Å². The Kier molecular flexibility index (Phi) is 4.15. The summed E-state index contributed by atoms with van der Waals surface area (Å²) in [6.45, 7) is 0.744. The molecule has 1 N–H and O–H groups in total. The zero-order chi connectivity index (χ0) is 17.4. The number of aromatic nitrogens is 2. The topological polar surface area (TPSA) is 64.0 Å². The molecular formula is C20H23N3O2. The third-order valence-electron chi connectivity index (χ3n) is 5.62. The molecule has 2 aliphatic carbocycles. The normalized spacial score (nSPS) is 24.1. The predicted octanol–water partition coefficient (Wildman–Crippen LogP) is 2.19. The van der Waals surface area contributed by atoms with Gasteiger partial charge in [-0.1, -0.05) is 24.3 Å². The van der Waals surface area contributed by atoms with E-state index in [-0.39, 0.29) is 11.5 Å². The van der Waals surface area contributed by atoms with Gasteiger partial charge >= 0.3 is 0 Å². The molecule has 3 atom stereocenters. The summed E-state index contributed by atoms with van der Waals surface area (Å²) in [6, 6.07) is 7.56. The molecule has 1 aromatic carbocycles. The van der Waals surface area contributed by atoms with E-state index >= 15 is 0 Å². The Morgan fingerprint density at radius 3 is 2.88 bits per heavy atom. The molecule has 1 aromatic heterocycles. The van der Waals surface area contributed by atoms with Gasteiger partial charge in [0.1, 0.15) is 5.69 Å². The van der Waals surface area contributed by atoms with E-state index in [4.69, 9.17) is 0 Å². The molecule has 1 fully saturated rings. The Balaban J connectivity index is 1.37. The van der Waals surface area contributed by atoms with E-state index in [0.29, 0.717) is 30.4 Å². The number of hydrogen-bond acceptors (Lipinski definition) is 3. The smallest absolute Gasteiger partial charge is 0.272 e. The summed E-state index contributed by atoms with van der Waals surface area (Å²) in [5.74, 6) is 1.94. The Morgan fingerprint density at radius 1 is 1.28 bits per heavy atom. The third-order valence-corrected chi connectivity index (χ3v) is 5.62. The van der Waals surface area contributed by atoms with Crippen molar-refractivity contribution >= 4 is 16.9 Å². The number of aryl methyl sites for hydroxylation is 2. The molecule has 1 heterocycles.